The highest BCUT2D eigenvalue weighted by atomic mass is 35.5. The highest BCUT2D eigenvalue weighted by Crippen LogP contribution is 2.44. The van der Waals surface area contributed by atoms with E-state index in [0.717, 1.165) is 43.6 Å². The van der Waals surface area contributed by atoms with E-state index in [4.69, 9.17) is 27.1 Å². The third-order valence-corrected chi connectivity index (χ3v) is 12.0. The van der Waals surface area contributed by atoms with Crippen molar-refractivity contribution in [2.24, 2.45) is 0 Å². The van der Waals surface area contributed by atoms with Gasteiger partial charge in [-0.15, -0.1) is 0 Å². The maximum absolute atomic E-state index is 16.9. The minimum Gasteiger partial charge on any atom is -0.461 e. The van der Waals surface area contributed by atoms with E-state index in [-0.39, 0.29) is 73.8 Å². The van der Waals surface area contributed by atoms with Crippen molar-refractivity contribution < 1.29 is 22.7 Å². The second-order valence-corrected chi connectivity index (χ2v) is 15.2. The number of benzene rings is 2. The predicted molar refractivity (Wildman–Crippen MR) is 182 cm³/mol. The van der Waals surface area contributed by atoms with Crippen molar-refractivity contribution in [2.45, 2.75) is 74.8 Å². The summed E-state index contributed by atoms with van der Waals surface area (Å²) >= 11 is 7.79. The maximum Gasteiger partial charge on any atom is 0.346 e. The topological polar surface area (TPSA) is 140 Å². The third-order valence-electron chi connectivity index (χ3n) is 10.8. The Morgan fingerprint density at radius 1 is 1.16 bits per heavy atom. The van der Waals surface area contributed by atoms with Gasteiger partial charge < -0.3 is 20.7 Å². The maximum atomic E-state index is 16.9. The van der Waals surface area contributed by atoms with Gasteiger partial charge in [-0.1, -0.05) is 22.9 Å². The van der Waals surface area contributed by atoms with E-state index in [1.807, 2.05) is 4.90 Å². The first kappa shape index (κ1) is 31.7. The van der Waals surface area contributed by atoms with Crippen LogP contribution in [-0.2, 0) is 0 Å². The molecule has 7 heterocycles. The van der Waals surface area contributed by atoms with Crippen LogP contribution in [0.1, 0.15) is 44.9 Å². The number of rotatable bonds is 6. The summed E-state index contributed by atoms with van der Waals surface area (Å²) in [6, 6.07) is 3.81. The molecule has 0 aliphatic carbocycles. The summed E-state index contributed by atoms with van der Waals surface area (Å²) in [5.41, 5.74) is 5.87. The molecule has 2 bridgehead atoms. The second-order valence-electron chi connectivity index (χ2n) is 13.7. The summed E-state index contributed by atoms with van der Waals surface area (Å²) in [4.78, 5) is 34.7. The van der Waals surface area contributed by atoms with Crippen molar-refractivity contribution in [3.05, 3.63) is 47.5 Å². The molecule has 4 aliphatic heterocycles. The lowest BCUT2D eigenvalue weighted by Crippen LogP contribution is -2.51. The number of thiazole rings is 1. The third kappa shape index (κ3) is 5.13. The van der Waals surface area contributed by atoms with E-state index in [9.17, 15) is 13.6 Å². The number of nitrogens with zero attached hydrogens (tertiary/aromatic N) is 8. The first-order chi connectivity index (χ1) is 24.2. The highest BCUT2D eigenvalue weighted by Gasteiger charge is 2.49. The van der Waals surface area contributed by atoms with Crippen molar-refractivity contribution in [2.75, 3.05) is 30.7 Å². The van der Waals surface area contributed by atoms with E-state index in [1.54, 1.807) is 6.07 Å². The van der Waals surface area contributed by atoms with Crippen LogP contribution in [0.3, 0.4) is 0 Å². The van der Waals surface area contributed by atoms with Gasteiger partial charge in [0, 0.05) is 47.6 Å². The summed E-state index contributed by atoms with van der Waals surface area (Å²) in [5.74, 6) is -0.943. The Morgan fingerprint density at radius 2 is 1.98 bits per heavy atom. The van der Waals surface area contributed by atoms with Gasteiger partial charge in [0.1, 0.15) is 42.6 Å². The van der Waals surface area contributed by atoms with Gasteiger partial charge in [0.05, 0.1) is 20.8 Å². The fourth-order valence-corrected chi connectivity index (χ4v) is 9.72. The Bertz CT molecular complexity index is 2140. The molecular formula is C33H32ClF3N10O2S. The van der Waals surface area contributed by atoms with Gasteiger partial charge in [-0.3, -0.25) is 4.90 Å². The zero-order chi connectivity index (χ0) is 34.3. The fourth-order valence-electron chi connectivity index (χ4n) is 8.66. The number of halogens is 4. The molecule has 2 aromatic carbocycles. The second kappa shape index (κ2) is 11.9. The number of anilines is 2. The van der Waals surface area contributed by atoms with Crippen molar-refractivity contribution in [1.82, 2.24) is 39.5 Å². The molecule has 5 atom stereocenters. The molecule has 260 valence electrons. The van der Waals surface area contributed by atoms with Crippen LogP contribution < -0.4 is 15.8 Å². The number of nitrogen functional groups attached to an aromatic ring is 1. The predicted octanol–water partition coefficient (Wildman–Crippen LogP) is 6.04. The normalized spacial score (nSPS) is 26.3. The molecule has 50 heavy (non-hydrogen) atoms. The van der Waals surface area contributed by atoms with E-state index in [2.05, 4.69) is 30.3 Å². The Hall–Kier alpha value is -4.28. The number of nitrogens with two attached hydrogens (primary N) is 1. The zero-order valence-electron chi connectivity index (χ0n) is 26.7. The van der Waals surface area contributed by atoms with E-state index >= 15 is 4.39 Å². The number of fused-ring (bicyclic) bond motifs is 5. The summed E-state index contributed by atoms with van der Waals surface area (Å²) in [5, 5.41) is 8.07. The van der Waals surface area contributed by atoms with Crippen molar-refractivity contribution in [1.29, 1.82) is 0 Å². The Kier molecular flexibility index (Phi) is 7.55. The van der Waals surface area contributed by atoms with Gasteiger partial charge in [0.25, 0.3) is 0 Å². The van der Waals surface area contributed by atoms with Gasteiger partial charge in [0.2, 0.25) is 0 Å². The summed E-state index contributed by atoms with van der Waals surface area (Å²) < 4.78 is 53.8. The number of hydrogen-bond acceptors (Lipinski definition) is 11. The summed E-state index contributed by atoms with van der Waals surface area (Å²) in [6.45, 7) is 1.31. The minimum absolute atomic E-state index is 0.000307. The van der Waals surface area contributed by atoms with Crippen LogP contribution in [0.5, 0.6) is 6.01 Å². The quantitative estimate of drug-likeness (QED) is 0.213. The molecule has 0 radical (unpaired) electrons. The number of alkyl halides is 1. The molecule has 0 saturated carbocycles. The van der Waals surface area contributed by atoms with Crippen molar-refractivity contribution in [3.8, 4) is 17.1 Å². The molecule has 3 N–H and O–H groups in total. The number of ether oxygens (including phenoxy) is 1. The number of nitrogens with one attached hydrogen (secondary N) is 1. The highest BCUT2D eigenvalue weighted by molar-refractivity contribution is 7.22. The van der Waals surface area contributed by atoms with Gasteiger partial charge in [-0.05, 0) is 63.3 Å². The molecule has 0 spiro atoms. The molecule has 1 amide bonds. The first-order valence-electron chi connectivity index (χ1n) is 16.7. The average molecular weight is 725 g/mol. The van der Waals surface area contributed by atoms with Gasteiger partial charge in [-0.2, -0.15) is 19.7 Å². The average Bonchev–Trinajstić information content (AvgIpc) is 3.91. The van der Waals surface area contributed by atoms with Crippen LogP contribution in [0.2, 0.25) is 5.02 Å². The molecule has 9 rings (SSSR count). The molecule has 1 unspecified atom stereocenters. The SMILES string of the molecule is Nc1nc2c(-c3c(Cl)cc4c(NC5C[C@H]6CC[C@@H](C5)N6C(=O)n5cncn5)nc(OC[C@@]56CCCN5C[C@H](F)C6)nc4c3F)ccc(F)c2s1. The first-order valence-corrected chi connectivity index (χ1v) is 17.9. The van der Waals surface area contributed by atoms with Crippen molar-refractivity contribution >= 4 is 61.0 Å². The number of hydrogen-bond donors (Lipinski definition) is 2. The standard InChI is InChI=1S/C33H32ClF3N10O2S/c34-22-10-21-26(25(37)24(22)20-4-5-23(36)28-27(20)42-30(38)50-28)43-31(49-13-33-6-1-7-45(33)12-16(35)11-33)44-29(21)41-17-8-18-2-3-19(9-17)47(18)32(48)46-15-39-14-40-46/h4-5,10,14-19H,1-3,6-9,11-13H2,(H2,38,42)(H,41,43,44)/t16-,17?,18-,19+,33+/m1/s1. The van der Waals surface area contributed by atoms with Crippen LogP contribution in [0.15, 0.2) is 30.9 Å². The Balaban J connectivity index is 1.10. The van der Waals surface area contributed by atoms with Crippen LogP contribution in [0.25, 0.3) is 32.2 Å². The minimum atomic E-state index is -0.944. The number of amides is 1. The van der Waals surface area contributed by atoms with Crippen LogP contribution in [-0.4, -0.2) is 95.1 Å². The molecule has 4 aliphatic rings. The number of aromatic nitrogens is 6. The zero-order valence-corrected chi connectivity index (χ0v) is 28.2. The number of carbonyl (C=O) groups is 1. The molecule has 17 heteroatoms. The molecule has 12 nitrogen and oxygen atoms in total. The van der Waals surface area contributed by atoms with Crippen LogP contribution >= 0.6 is 22.9 Å². The Labute approximate surface area is 292 Å². The van der Waals surface area contributed by atoms with Crippen LogP contribution in [0, 0.1) is 11.6 Å². The van der Waals surface area contributed by atoms with E-state index in [1.165, 1.54) is 29.5 Å². The molecular weight excluding hydrogens is 693 g/mol. The lowest BCUT2D eigenvalue weighted by Gasteiger charge is -2.39. The molecule has 5 aromatic rings. The number of piperidine rings is 1. The summed E-state index contributed by atoms with van der Waals surface area (Å²) in [7, 11) is 0. The van der Waals surface area contributed by atoms with Gasteiger partial charge >= 0.3 is 12.0 Å². The lowest BCUT2D eigenvalue weighted by atomic mass is 9.95. The fraction of sp³-hybridized carbons (Fsp3) is 0.455. The molecule has 3 aromatic heterocycles. The Morgan fingerprint density at radius 3 is 2.76 bits per heavy atom. The number of carbonyl (C=O) groups excluding carboxylic acids is 1. The lowest BCUT2D eigenvalue weighted by molar-refractivity contribution is 0.107. The molecule has 4 fully saturated rings. The van der Waals surface area contributed by atoms with Gasteiger partial charge in [-0.25, -0.2) is 27.9 Å². The van der Waals surface area contributed by atoms with Gasteiger partial charge in [0.15, 0.2) is 10.9 Å². The smallest absolute Gasteiger partial charge is 0.346 e. The van der Waals surface area contributed by atoms with Crippen molar-refractivity contribution in [3.63, 3.8) is 0 Å². The van der Waals surface area contributed by atoms with Crippen LogP contribution in [0.4, 0.5) is 28.9 Å². The van der Waals surface area contributed by atoms with E-state index < -0.39 is 23.3 Å². The molecule has 4 saturated heterocycles. The van der Waals surface area contributed by atoms with E-state index in [0.29, 0.717) is 37.0 Å². The monoisotopic (exact) mass is 724 g/mol. The summed E-state index contributed by atoms with van der Waals surface area (Å²) in [6.07, 6.45) is 6.80. The largest absolute Gasteiger partial charge is 0.461 e.